The van der Waals surface area contributed by atoms with Crippen LogP contribution in [0.3, 0.4) is 0 Å². The van der Waals surface area contributed by atoms with Crippen molar-refractivity contribution < 1.29 is 4.79 Å². The van der Waals surface area contributed by atoms with Crippen molar-refractivity contribution in [2.75, 3.05) is 25.9 Å². The van der Waals surface area contributed by atoms with Crippen LogP contribution in [0.1, 0.15) is 31.9 Å². The summed E-state index contributed by atoms with van der Waals surface area (Å²) in [5.74, 6) is 2.58. The van der Waals surface area contributed by atoms with Crippen LogP contribution in [0.2, 0.25) is 0 Å². The van der Waals surface area contributed by atoms with Crippen molar-refractivity contribution in [1.29, 1.82) is 0 Å². The quantitative estimate of drug-likeness (QED) is 0.401. The minimum atomic E-state index is -0.220. The highest BCUT2D eigenvalue weighted by Gasteiger charge is 2.13. The molecule has 0 radical (unpaired) electrons. The predicted octanol–water partition coefficient (Wildman–Crippen LogP) is 2.31. The molecule has 0 heterocycles. The lowest BCUT2D eigenvalue weighted by atomic mass is 10.1. The second-order valence-electron chi connectivity index (χ2n) is 6.69. The molecule has 0 bridgehead atoms. The molecule has 5 nitrogen and oxygen atoms in total. The SMILES string of the molecule is CN=C(NCCSCc1ccc(C)cc1)NCC(=O)NC(C)(C)C. The highest BCUT2D eigenvalue weighted by atomic mass is 32.2. The molecule has 0 fully saturated rings. The number of amides is 1. The van der Waals surface area contributed by atoms with Gasteiger partial charge in [0.2, 0.25) is 5.91 Å². The number of nitrogens with zero attached hydrogens (tertiary/aromatic N) is 1. The number of hydrogen-bond acceptors (Lipinski definition) is 3. The van der Waals surface area contributed by atoms with Crippen LogP contribution in [0.15, 0.2) is 29.3 Å². The van der Waals surface area contributed by atoms with Gasteiger partial charge >= 0.3 is 0 Å². The van der Waals surface area contributed by atoms with Crippen molar-refractivity contribution in [3.05, 3.63) is 35.4 Å². The second-order valence-corrected chi connectivity index (χ2v) is 7.79. The maximum absolute atomic E-state index is 11.8. The van der Waals surface area contributed by atoms with Crippen molar-refractivity contribution in [2.45, 2.75) is 39.0 Å². The molecule has 0 aromatic heterocycles. The Kier molecular flexibility index (Phi) is 8.68. The van der Waals surface area contributed by atoms with E-state index in [9.17, 15) is 4.79 Å². The van der Waals surface area contributed by atoms with Crippen molar-refractivity contribution in [3.8, 4) is 0 Å². The molecule has 0 aliphatic carbocycles. The lowest BCUT2D eigenvalue weighted by molar-refractivity contribution is -0.121. The van der Waals surface area contributed by atoms with Crippen molar-refractivity contribution >= 4 is 23.6 Å². The first-order valence-corrected chi connectivity index (χ1v) is 9.34. The van der Waals surface area contributed by atoms with E-state index in [1.54, 1.807) is 7.05 Å². The van der Waals surface area contributed by atoms with Crippen LogP contribution >= 0.6 is 11.8 Å². The standard InChI is InChI=1S/C18H30N4OS/c1-14-6-8-15(9-7-14)13-24-11-10-20-17(19-5)21-12-16(23)22-18(2,3)4/h6-9H,10-13H2,1-5H3,(H,22,23)(H2,19,20,21). The van der Waals surface area contributed by atoms with E-state index in [0.717, 1.165) is 18.1 Å². The molecule has 24 heavy (non-hydrogen) atoms. The number of aryl methyl sites for hydroxylation is 1. The molecule has 0 saturated heterocycles. The Balaban J connectivity index is 2.18. The number of thioether (sulfide) groups is 1. The van der Waals surface area contributed by atoms with Gasteiger partial charge < -0.3 is 16.0 Å². The highest BCUT2D eigenvalue weighted by Crippen LogP contribution is 2.12. The topological polar surface area (TPSA) is 65.5 Å². The Morgan fingerprint density at radius 2 is 1.83 bits per heavy atom. The molecule has 3 N–H and O–H groups in total. The smallest absolute Gasteiger partial charge is 0.239 e. The summed E-state index contributed by atoms with van der Waals surface area (Å²) in [5, 5.41) is 9.15. The average Bonchev–Trinajstić information content (AvgIpc) is 2.50. The fourth-order valence-corrected chi connectivity index (χ4v) is 2.78. The summed E-state index contributed by atoms with van der Waals surface area (Å²) in [6, 6.07) is 8.62. The lowest BCUT2D eigenvalue weighted by Gasteiger charge is -2.21. The summed E-state index contributed by atoms with van der Waals surface area (Å²) in [6.45, 7) is 9.00. The van der Waals surface area contributed by atoms with Crippen LogP contribution < -0.4 is 16.0 Å². The number of carbonyl (C=O) groups is 1. The fourth-order valence-electron chi connectivity index (χ4n) is 1.96. The van der Waals surface area contributed by atoms with Gasteiger partial charge in [-0.05, 0) is 33.3 Å². The summed E-state index contributed by atoms with van der Waals surface area (Å²) in [6.07, 6.45) is 0. The molecule has 0 atom stereocenters. The van der Waals surface area contributed by atoms with Gasteiger partial charge in [0.25, 0.3) is 0 Å². The van der Waals surface area contributed by atoms with Gasteiger partial charge in [-0.1, -0.05) is 29.8 Å². The number of carbonyl (C=O) groups excluding carboxylic acids is 1. The number of aliphatic imine (C=N–C) groups is 1. The molecule has 1 rings (SSSR count). The Bertz CT molecular complexity index is 535. The van der Waals surface area contributed by atoms with Crippen LogP contribution in [-0.4, -0.2) is 43.3 Å². The van der Waals surface area contributed by atoms with E-state index in [0.29, 0.717) is 5.96 Å². The van der Waals surface area contributed by atoms with Gasteiger partial charge in [-0.15, -0.1) is 0 Å². The Hall–Kier alpha value is -1.69. The van der Waals surface area contributed by atoms with E-state index in [-0.39, 0.29) is 18.0 Å². The van der Waals surface area contributed by atoms with Crippen LogP contribution in [0.25, 0.3) is 0 Å². The zero-order valence-electron chi connectivity index (χ0n) is 15.4. The van der Waals surface area contributed by atoms with Crippen molar-refractivity contribution in [3.63, 3.8) is 0 Å². The average molecular weight is 351 g/mol. The van der Waals surface area contributed by atoms with Gasteiger partial charge in [0.15, 0.2) is 5.96 Å². The Labute approximate surface area is 150 Å². The van der Waals surface area contributed by atoms with Gasteiger partial charge in [-0.25, -0.2) is 0 Å². The molecular weight excluding hydrogens is 320 g/mol. The van der Waals surface area contributed by atoms with Gasteiger partial charge in [-0.3, -0.25) is 9.79 Å². The molecular formula is C18H30N4OS. The maximum atomic E-state index is 11.8. The number of benzene rings is 1. The van der Waals surface area contributed by atoms with Gasteiger partial charge in [0.1, 0.15) is 0 Å². The van der Waals surface area contributed by atoms with E-state index in [4.69, 9.17) is 0 Å². The number of nitrogens with one attached hydrogen (secondary N) is 3. The first kappa shape index (κ1) is 20.4. The third kappa shape index (κ3) is 9.45. The minimum Gasteiger partial charge on any atom is -0.356 e. The molecule has 0 spiro atoms. The van der Waals surface area contributed by atoms with E-state index in [1.807, 2.05) is 32.5 Å². The minimum absolute atomic E-state index is 0.0424. The first-order valence-electron chi connectivity index (χ1n) is 8.19. The molecule has 0 unspecified atom stereocenters. The van der Waals surface area contributed by atoms with Crippen LogP contribution in [0.4, 0.5) is 0 Å². The first-order chi connectivity index (χ1) is 11.3. The van der Waals surface area contributed by atoms with Crippen LogP contribution in [0.5, 0.6) is 0 Å². The normalized spacial score (nSPS) is 12.0. The lowest BCUT2D eigenvalue weighted by Crippen LogP contribution is -2.48. The molecule has 134 valence electrons. The monoisotopic (exact) mass is 350 g/mol. The summed E-state index contributed by atoms with van der Waals surface area (Å²) < 4.78 is 0. The second kappa shape index (κ2) is 10.2. The van der Waals surface area contributed by atoms with Gasteiger partial charge in [0.05, 0.1) is 6.54 Å². The summed E-state index contributed by atoms with van der Waals surface area (Å²) in [4.78, 5) is 15.9. The van der Waals surface area contributed by atoms with Gasteiger partial charge in [0, 0.05) is 30.6 Å². The summed E-state index contributed by atoms with van der Waals surface area (Å²) in [5.41, 5.74) is 2.41. The third-order valence-electron chi connectivity index (χ3n) is 3.08. The van der Waals surface area contributed by atoms with Crippen LogP contribution in [-0.2, 0) is 10.5 Å². The molecule has 6 heteroatoms. The molecule has 1 aromatic carbocycles. The zero-order valence-corrected chi connectivity index (χ0v) is 16.2. The van der Waals surface area contributed by atoms with Crippen molar-refractivity contribution in [1.82, 2.24) is 16.0 Å². The van der Waals surface area contributed by atoms with Crippen LogP contribution in [0, 0.1) is 6.92 Å². The Morgan fingerprint density at radius 3 is 2.42 bits per heavy atom. The van der Waals surface area contributed by atoms with Gasteiger partial charge in [-0.2, -0.15) is 11.8 Å². The molecule has 1 aromatic rings. The highest BCUT2D eigenvalue weighted by molar-refractivity contribution is 7.98. The largest absolute Gasteiger partial charge is 0.356 e. The molecule has 1 amide bonds. The van der Waals surface area contributed by atoms with E-state index < -0.39 is 0 Å². The van der Waals surface area contributed by atoms with E-state index in [1.165, 1.54) is 11.1 Å². The molecule has 0 aliphatic rings. The third-order valence-corrected chi connectivity index (χ3v) is 4.11. The zero-order chi connectivity index (χ0) is 18.0. The Morgan fingerprint density at radius 1 is 1.17 bits per heavy atom. The number of rotatable bonds is 7. The van der Waals surface area contributed by atoms with E-state index in [2.05, 4.69) is 52.1 Å². The fraction of sp³-hybridized carbons (Fsp3) is 0.556. The molecule has 0 saturated carbocycles. The number of guanidine groups is 1. The number of hydrogen-bond donors (Lipinski definition) is 3. The summed E-state index contributed by atoms with van der Waals surface area (Å²) in [7, 11) is 1.70. The predicted molar refractivity (Wildman–Crippen MR) is 105 cm³/mol. The van der Waals surface area contributed by atoms with E-state index >= 15 is 0 Å². The maximum Gasteiger partial charge on any atom is 0.239 e. The van der Waals surface area contributed by atoms with Crippen molar-refractivity contribution in [2.24, 2.45) is 4.99 Å². The molecule has 0 aliphatic heterocycles. The summed E-state index contributed by atoms with van der Waals surface area (Å²) >= 11 is 1.87.